The van der Waals surface area contributed by atoms with Crippen molar-refractivity contribution in [1.82, 2.24) is 5.43 Å². The molecule has 2 aromatic rings. The van der Waals surface area contributed by atoms with Gasteiger partial charge in [-0.05, 0) is 62.2 Å². The molecule has 26 heavy (non-hydrogen) atoms. The molecule has 5 nitrogen and oxygen atoms in total. The van der Waals surface area contributed by atoms with E-state index in [9.17, 15) is 4.79 Å². The largest absolute Gasteiger partial charge is 0.484 e. The van der Waals surface area contributed by atoms with Gasteiger partial charge in [0, 0.05) is 23.8 Å². The fourth-order valence-corrected chi connectivity index (χ4v) is 2.54. The minimum atomic E-state index is -0.325. The Morgan fingerprint density at radius 2 is 1.88 bits per heavy atom. The molecule has 0 spiro atoms. The third kappa shape index (κ3) is 5.77. The van der Waals surface area contributed by atoms with Crippen molar-refractivity contribution in [2.75, 3.05) is 24.6 Å². The average molecular weight is 374 g/mol. The monoisotopic (exact) mass is 373 g/mol. The van der Waals surface area contributed by atoms with Crippen LogP contribution in [0.5, 0.6) is 5.75 Å². The number of nitrogens with zero attached hydrogens (tertiary/aromatic N) is 2. The second-order valence-corrected chi connectivity index (χ2v) is 6.16. The van der Waals surface area contributed by atoms with Crippen LogP contribution in [0.3, 0.4) is 0 Å². The number of halogens is 1. The zero-order valence-corrected chi connectivity index (χ0v) is 16.1. The molecule has 0 unspecified atom stereocenters. The number of aryl methyl sites for hydroxylation is 1. The number of nitrogens with one attached hydrogen (secondary N) is 1. The maximum Gasteiger partial charge on any atom is 0.277 e. The quantitative estimate of drug-likeness (QED) is 0.561. The Hall–Kier alpha value is -2.53. The molecule has 138 valence electrons. The minimum absolute atomic E-state index is 0.112. The summed E-state index contributed by atoms with van der Waals surface area (Å²) < 4.78 is 5.42. The Bertz CT molecular complexity index is 756. The molecule has 0 saturated carbocycles. The van der Waals surface area contributed by atoms with Crippen molar-refractivity contribution in [3.63, 3.8) is 0 Å². The molecule has 0 saturated heterocycles. The molecule has 0 atom stereocenters. The van der Waals surface area contributed by atoms with E-state index in [0.717, 1.165) is 24.2 Å². The maximum atomic E-state index is 11.8. The highest BCUT2D eigenvalue weighted by molar-refractivity contribution is 6.31. The number of rotatable bonds is 8. The number of carbonyl (C=O) groups is 1. The summed E-state index contributed by atoms with van der Waals surface area (Å²) >= 11 is 5.96. The van der Waals surface area contributed by atoms with Gasteiger partial charge in [0.1, 0.15) is 5.75 Å². The molecule has 0 fully saturated rings. The van der Waals surface area contributed by atoms with Gasteiger partial charge in [0.05, 0.1) is 6.21 Å². The Morgan fingerprint density at radius 3 is 2.50 bits per heavy atom. The summed E-state index contributed by atoms with van der Waals surface area (Å²) in [6, 6.07) is 13.3. The summed E-state index contributed by atoms with van der Waals surface area (Å²) in [5.41, 5.74) is 5.44. The van der Waals surface area contributed by atoms with E-state index < -0.39 is 0 Å². The molecule has 0 radical (unpaired) electrons. The van der Waals surface area contributed by atoms with Crippen LogP contribution in [0.1, 0.15) is 25.0 Å². The zero-order chi connectivity index (χ0) is 18.9. The molecular weight excluding hydrogens is 350 g/mol. The van der Waals surface area contributed by atoms with Crippen LogP contribution >= 0.6 is 11.6 Å². The standard InChI is InChI=1S/C20H24ClN3O2/c1-4-24(5-2)17-8-6-16(7-9-17)13-22-23-20(25)14-26-18-10-11-19(21)15(3)12-18/h6-13H,4-5,14H2,1-3H3,(H,23,25)/b22-13-. The second-order valence-electron chi connectivity index (χ2n) is 5.76. The van der Waals surface area contributed by atoms with Crippen LogP contribution in [-0.2, 0) is 4.79 Å². The van der Waals surface area contributed by atoms with Gasteiger partial charge in [0.15, 0.2) is 6.61 Å². The van der Waals surface area contributed by atoms with Crippen molar-refractivity contribution in [3.8, 4) is 5.75 Å². The van der Waals surface area contributed by atoms with Crippen LogP contribution in [0.2, 0.25) is 5.02 Å². The topological polar surface area (TPSA) is 53.9 Å². The van der Waals surface area contributed by atoms with E-state index in [1.165, 1.54) is 5.69 Å². The van der Waals surface area contributed by atoms with E-state index in [0.29, 0.717) is 10.8 Å². The number of ether oxygens (including phenoxy) is 1. The number of hydrogen-bond donors (Lipinski definition) is 1. The molecule has 2 rings (SSSR count). The Morgan fingerprint density at radius 1 is 1.19 bits per heavy atom. The van der Waals surface area contributed by atoms with Crippen LogP contribution in [0.25, 0.3) is 0 Å². The summed E-state index contributed by atoms with van der Waals surface area (Å²) in [4.78, 5) is 14.1. The smallest absolute Gasteiger partial charge is 0.277 e. The van der Waals surface area contributed by atoms with Gasteiger partial charge in [0.2, 0.25) is 0 Å². The first-order chi connectivity index (χ1) is 12.5. The summed E-state index contributed by atoms with van der Waals surface area (Å²) in [7, 11) is 0. The van der Waals surface area contributed by atoms with Crippen molar-refractivity contribution in [2.24, 2.45) is 5.10 Å². The Labute approximate surface area is 159 Å². The molecule has 0 heterocycles. The van der Waals surface area contributed by atoms with Crippen LogP contribution in [0.4, 0.5) is 5.69 Å². The summed E-state index contributed by atoms with van der Waals surface area (Å²) in [5.74, 6) is 0.270. The summed E-state index contributed by atoms with van der Waals surface area (Å²) in [6.07, 6.45) is 1.61. The van der Waals surface area contributed by atoms with Crippen molar-refractivity contribution in [3.05, 3.63) is 58.6 Å². The number of carbonyl (C=O) groups excluding carboxylic acids is 1. The Balaban J connectivity index is 1.81. The predicted octanol–water partition coefficient (Wildman–Crippen LogP) is 4.02. The minimum Gasteiger partial charge on any atom is -0.484 e. The van der Waals surface area contributed by atoms with Crippen LogP contribution in [0.15, 0.2) is 47.6 Å². The van der Waals surface area contributed by atoms with E-state index in [-0.39, 0.29) is 12.5 Å². The lowest BCUT2D eigenvalue weighted by molar-refractivity contribution is -0.123. The van der Waals surface area contributed by atoms with Crippen molar-refractivity contribution in [2.45, 2.75) is 20.8 Å². The molecule has 2 aromatic carbocycles. The molecular formula is C20H24ClN3O2. The molecule has 6 heteroatoms. The number of hydrogen-bond acceptors (Lipinski definition) is 4. The second kappa shape index (κ2) is 9.82. The van der Waals surface area contributed by atoms with Crippen molar-refractivity contribution < 1.29 is 9.53 Å². The molecule has 0 aliphatic carbocycles. The zero-order valence-electron chi connectivity index (χ0n) is 15.3. The maximum absolute atomic E-state index is 11.8. The van der Waals surface area contributed by atoms with Gasteiger partial charge < -0.3 is 9.64 Å². The SMILES string of the molecule is CCN(CC)c1ccc(/C=N\NC(=O)COc2ccc(Cl)c(C)c2)cc1. The molecule has 1 amide bonds. The number of benzene rings is 2. The van der Waals surface area contributed by atoms with E-state index in [1.807, 2.05) is 31.2 Å². The highest BCUT2D eigenvalue weighted by Crippen LogP contribution is 2.20. The van der Waals surface area contributed by atoms with Gasteiger partial charge in [0.25, 0.3) is 5.91 Å². The van der Waals surface area contributed by atoms with Gasteiger partial charge in [-0.1, -0.05) is 23.7 Å². The fourth-order valence-electron chi connectivity index (χ4n) is 2.43. The van der Waals surface area contributed by atoms with E-state index >= 15 is 0 Å². The fraction of sp³-hybridized carbons (Fsp3) is 0.300. The number of anilines is 1. The van der Waals surface area contributed by atoms with E-state index in [2.05, 4.69) is 29.3 Å². The lowest BCUT2D eigenvalue weighted by Crippen LogP contribution is -2.24. The first-order valence-corrected chi connectivity index (χ1v) is 8.97. The highest BCUT2D eigenvalue weighted by atomic mass is 35.5. The van der Waals surface area contributed by atoms with Crippen molar-refractivity contribution in [1.29, 1.82) is 0 Å². The van der Waals surface area contributed by atoms with Crippen LogP contribution in [0, 0.1) is 6.92 Å². The molecule has 0 bridgehead atoms. The van der Waals surface area contributed by atoms with Gasteiger partial charge in [-0.15, -0.1) is 0 Å². The first-order valence-electron chi connectivity index (χ1n) is 8.59. The average Bonchev–Trinajstić information content (AvgIpc) is 2.65. The van der Waals surface area contributed by atoms with Crippen LogP contribution < -0.4 is 15.1 Å². The summed E-state index contributed by atoms with van der Waals surface area (Å²) in [5, 5.41) is 4.63. The molecule has 0 aliphatic rings. The third-order valence-electron chi connectivity index (χ3n) is 3.92. The normalized spacial score (nSPS) is 10.8. The molecule has 0 aromatic heterocycles. The van der Waals surface area contributed by atoms with Gasteiger partial charge in [-0.25, -0.2) is 5.43 Å². The molecule has 1 N–H and O–H groups in total. The lowest BCUT2D eigenvalue weighted by Gasteiger charge is -2.20. The van der Waals surface area contributed by atoms with Gasteiger partial charge in [-0.3, -0.25) is 4.79 Å². The van der Waals surface area contributed by atoms with Gasteiger partial charge >= 0.3 is 0 Å². The number of hydrazone groups is 1. The van der Waals surface area contributed by atoms with Crippen molar-refractivity contribution >= 4 is 29.4 Å². The van der Waals surface area contributed by atoms with Crippen LogP contribution in [-0.4, -0.2) is 31.8 Å². The molecule has 0 aliphatic heterocycles. The first kappa shape index (κ1) is 19.8. The predicted molar refractivity (Wildman–Crippen MR) is 107 cm³/mol. The van der Waals surface area contributed by atoms with Gasteiger partial charge in [-0.2, -0.15) is 5.10 Å². The third-order valence-corrected chi connectivity index (χ3v) is 4.35. The van der Waals surface area contributed by atoms with E-state index in [1.54, 1.807) is 24.4 Å². The highest BCUT2D eigenvalue weighted by Gasteiger charge is 2.03. The summed E-state index contributed by atoms with van der Waals surface area (Å²) in [6.45, 7) is 7.95. The Kier molecular flexibility index (Phi) is 7.48. The lowest BCUT2D eigenvalue weighted by atomic mass is 10.2. The van der Waals surface area contributed by atoms with E-state index in [4.69, 9.17) is 16.3 Å². The number of amides is 1.